The smallest absolute Gasteiger partial charge is 0.164 e. The molecule has 2 heterocycles. The van der Waals surface area contributed by atoms with Gasteiger partial charge in [-0.05, 0) is 68.4 Å². The molecule has 0 N–H and O–H groups in total. The number of nitrogens with zero attached hydrogens (tertiary/aromatic N) is 3. The summed E-state index contributed by atoms with van der Waals surface area (Å²) in [5.41, 5.74) is 11.3. The third-order valence-electron chi connectivity index (χ3n) is 9.95. The number of hydrogen-bond acceptors (Lipinski definition) is 4. The molecule has 0 saturated carbocycles. The highest BCUT2D eigenvalue weighted by Gasteiger charge is 2.17. The summed E-state index contributed by atoms with van der Waals surface area (Å²) in [6.45, 7) is 0. The third kappa shape index (κ3) is 5.63. The van der Waals surface area contributed by atoms with Crippen LogP contribution in [0.5, 0.6) is 0 Å². The van der Waals surface area contributed by atoms with E-state index < -0.39 is 0 Å². The quantitative estimate of drug-likeness (QED) is 0.176. The molecule has 2 aromatic heterocycles. The number of furan rings is 1. The highest BCUT2D eigenvalue weighted by molar-refractivity contribution is 6.13. The lowest BCUT2D eigenvalue weighted by Gasteiger charge is -2.11. The van der Waals surface area contributed by atoms with Crippen LogP contribution >= 0.6 is 0 Å². The van der Waals surface area contributed by atoms with E-state index in [9.17, 15) is 0 Å². The second-order valence-electron chi connectivity index (χ2n) is 13.2. The molecule has 0 aliphatic heterocycles. The lowest BCUT2D eigenvalue weighted by Crippen LogP contribution is -2.00. The highest BCUT2D eigenvalue weighted by atomic mass is 16.3. The number of aromatic nitrogens is 3. The Bertz CT molecular complexity index is 2930. The average Bonchev–Trinajstić information content (AvgIpc) is 3.62. The maximum Gasteiger partial charge on any atom is 0.164 e. The lowest BCUT2D eigenvalue weighted by molar-refractivity contribution is 0.669. The van der Waals surface area contributed by atoms with Crippen molar-refractivity contribution < 1.29 is 4.42 Å². The molecule has 0 aliphatic rings. The molecule has 0 bridgehead atoms. The molecule has 248 valence electrons. The van der Waals surface area contributed by atoms with Crippen molar-refractivity contribution in [3.05, 3.63) is 188 Å². The van der Waals surface area contributed by atoms with Gasteiger partial charge in [-0.3, -0.25) is 0 Å². The summed E-state index contributed by atoms with van der Waals surface area (Å²) in [5, 5.41) is 4.55. The van der Waals surface area contributed by atoms with E-state index in [1.807, 2.05) is 42.5 Å². The maximum atomic E-state index is 6.53. The lowest BCUT2D eigenvalue weighted by atomic mass is 9.96. The predicted octanol–water partition coefficient (Wildman–Crippen LogP) is 12.9. The summed E-state index contributed by atoms with van der Waals surface area (Å²) < 4.78 is 6.53. The van der Waals surface area contributed by atoms with Gasteiger partial charge in [-0.2, -0.15) is 0 Å². The SMILES string of the molecule is c1ccc(-c2ccc(-c3cccc4oc5cc(-c6nc(-c7ccccc7)nc(-c7cccc(-c8cccc9ccccc89)c7)n6)ccc5c34)cc2)cc1. The molecule has 53 heavy (non-hydrogen) atoms. The van der Waals surface area contributed by atoms with E-state index in [-0.39, 0.29) is 0 Å². The van der Waals surface area contributed by atoms with Crippen LogP contribution in [0.3, 0.4) is 0 Å². The van der Waals surface area contributed by atoms with Crippen LogP contribution in [0.4, 0.5) is 0 Å². The molecular formula is C49H31N3O. The Morgan fingerprint density at radius 3 is 1.62 bits per heavy atom. The molecule has 0 saturated heterocycles. The minimum atomic E-state index is 0.587. The molecule has 4 nitrogen and oxygen atoms in total. The van der Waals surface area contributed by atoms with Gasteiger partial charge >= 0.3 is 0 Å². The Hall–Kier alpha value is -7.17. The topological polar surface area (TPSA) is 51.8 Å². The van der Waals surface area contributed by atoms with Gasteiger partial charge in [0.15, 0.2) is 17.5 Å². The standard InChI is InChI=1S/C49H31N3O/c1-3-12-32(13-4-1)33-24-26-35(27-25-33)42-22-11-23-44-46(42)43-29-28-39(31-45(43)53-44)49-51-47(36-15-5-2-6-16-36)50-48(52-49)38-19-9-18-37(30-38)41-21-10-17-34-14-7-8-20-40(34)41/h1-31H. The number of benzene rings is 8. The Labute approximate surface area is 306 Å². The minimum Gasteiger partial charge on any atom is -0.456 e. The first kappa shape index (κ1) is 30.6. The van der Waals surface area contributed by atoms with E-state index in [4.69, 9.17) is 19.4 Å². The van der Waals surface area contributed by atoms with Crippen LogP contribution in [0.25, 0.3) is 100 Å². The number of hydrogen-bond donors (Lipinski definition) is 0. The van der Waals surface area contributed by atoms with Crippen molar-refractivity contribution in [3.63, 3.8) is 0 Å². The summed E-state index contributed by atoms with van der Waals surface area (Å²) in [6, 6.07) is 65.2. The van der Waals surface area contributed by atoms with Gasteiger partial charge in [0.05, 0.1) is 0 Å². The second kappa shape index (κ2) is 12.9. The van der Waals surface area contributed by atoms with Gasteiger partial charge in [-0.15, -0.1) is 0 Å². The van der Waals surface area contributed by atoms with Crippen LogP contribution in [0.2, 0.25) is 0 Å². The molecule has 10 rings (SSSR count). The normalized spacial score (nSPS) is 11.4. The molecule has 0 aliphatic carbocycles. The van der Waals surface area contributed by atoms with Gasteiger partial charge in [0, 0.05) is 27.5 Å². The first-order chi connectivity index (χ1) is 26.2. The summed E-state index contributed by atoms with van der Waals surface area (Å²) in [5.74, 6) is 1.82. The first-order valence-corrected chi connectivity index (χ1v) is 17.8. The molecule has 0 spiro atoms. The fourth-order valence-electron chi connectivity index (χ4n) is 7.33. The fraction of sp³-hybridized carbons (Fsp3) is 0. The fourth-order valence-corrected chi connectivity index (χ4v) is 7.33. The van der Waals surface area contributed by atoms with Crippen molar-refractivity contribution in [2.75, 3.05) is 0 Å². The number of fused-ring (bicyclic) bond motifs is 4. The van der Waals surface area contributed by atoms with Crippen LogP contribution in [0.15, 0.2) is 192 Å². The third-order valence-corrected chi connectivity index (χ3v) is 9.95. The van der Waals surface area contributed by atoms with Crippen LogP contribution < -0.4 is 0 Å². The van der Waals surface area contributed by atoms with Crippen molar-refractivity contribution in [1.82, 2.24) is 15.0 Å². The molecule has 0 fully saturated rings. The van der Waals surface area contributed by atoms with Gasteiger partial charge in [-0.25, -0.2) is 15.0 Å². The van der Waals surface area contributed by atoms with E-state index in [2.05, 4.69) is 146 Å². The van der Waals surface area contributed by atoms with E-state index in [0.29, 0.717) is 17.5 Å². The van der Waals surface area contributed by atoms with Crippen LogP contribution in [-0.2, 0) is 0 Å². The van der Waals surface area contributed by atoms with Crippen molar-refractivity contribution >= 4 is 32.7 Å². The summed E-state index contributed by atoms with van der Waals surface area (Å²) in [4.78, 5) is 15.1. The van der Waals surface area contributed by atoms with Crippen LogP contribution in [0, 0.1) is 0 Å². The van der Waals surface area contributed by atoms with E-state index in [0.717, 1.165) is 55.3 Å². The summed E-state index contributed by atoms with van der Waals surface area (Å²) in [7, 11) is 0. The van der Waals surface area contributed by atoms with Gasteiger partial charge < -0.3 is 4.42 Å². The summed E-state index contributed by atoms with van der Waals surface area (Å²) >= 11 is 0. The van der Waals surface area contributed by atoms with Crippen molar-refractivity contribution in [3.8, 4) is 67.5 Å². The molecule has 8 aromatic carbocycles. The first-order valence-electron chi connectivity index (χ1n) is 17.8. The zero-order chi connectivity index (χ0) is 35.1. The number of rotatable bonds is 6. The van der Waals surface area contributed by atoms with E-state index >= 15 is 0 Å². The Morgan fingerprint density at radius 1 is 0.302 bits per heavy atom. The van der Waals surface area contributed by atoms with Crippen molar-refractivity contribution in [2.24, 2.45) is 0 Å². The Balaban J connectivity index is 1.08. The molecule has 0 radical (unpaired) electrons. The maximum absolute atomic E-state index is 6.53. The minimum absolute atomic E-state index is 0.587. The molecule has 0 atom stereocenters. The molecule has 4 heteroatoms. The van der Waals surface area contributed by atoms with E-state index in [1.165, 1.54) is 27.5 Å². The zero-order valence-corrected chi connectivity index (χ0v) is 28.6. The van der Waals surface area contributed by atoms with Crippen molar-refractivity contribution in [2.45, 2.75) is 0 Å². The molecule has 0 unspecified atom stereocenters. The monoisotopic (exact) mass is 677 g/mol. The zero-order valence-electron chi connectivity index (χ0n) is 28.6. The Morgan fingerprint density at radius 2 is 0.830 bits per heavy atom. The molecule has 10 aromatic rings. The van der Waals surface area contributed by atoms with Gasteiger partial charge in [-0.1, -0.05) is 164 Å². The van der Waals surface area contributed by atoms with Gasteiger partial charge in [0.2, 0.25) is 0 Å². The van der Waals surface area contributed by atoms with Crippen molar-refractivity contribution in [1.29, 1.82) is 0 Å². The molecule has 0 amide bonds. The van der Waals surface area contributed by atoms with Gasteiger partial charge in [0.25, 0.3) is 0 Å². The van der Waals surface area contributed by atoms with E-state index in [1.54, 1.807) is 0 Å². The average molecular weight is 678 g/mol. The second-order valence-corrected chi connectivity index (χ2v) is 13.2. The largest absolute Gasteiger partial charge is 0.456 e. The Kier molecular flexibility index (Phi) is 7.43. The highest BCUT2D eigenvalue weighted by Crippen LogP contribution is 2.39. The predicted molar refractivity (Wildman–Crippen MR) is 217 cm³/mol. The summed E-state index contributed by atoms with van der Waals surface area (Å²) in [6.07, 6.45) is 0. The van der Waals surface area contributed by atoms with Gasteiger partial charge in [0.1, 0.15) is 11.2 Å². The molecular weight excluding hydrogens is 647 g/mol. The van der Waals surface area contributed by atoms with Crippen LogP contribution in [0.1, 0.15) is 0 Å². The van der Waals surface area contributed by atoms with Crippen LogP contribution in [-0.4, -0.2) is 15.0 Å².